The van der Waals surface area contributed by atoms with E-state index >= 15 is 0 Å². The van der Waals surface area contributed by atoms with E-state index < -0.39 is 0 Å². The molecule has 0 aliphatic rings. The van der Waals surface area contributed by atoms with Gasteiger partial charge in [-0.25, -0.2) is 0 Å². The van der Waals surface area contributed by atoms with Crippen molar-refractivity contribution in [1.29, 1.82) is 0 Å². The molecule has 0 saturated heterocycles. The summed E-state index contributed by atoms with van der Waals surface area (Å²) < 4.78 is 11.3. The van der Waals surface area contributed by atoms with Gasteiger partial charge in [0.15, 0.2) is 0 Å². The summed E-state index contributed by atoms with van der Waals surface area (Å²) in [7, 11) is 0. The molecule has 0 saturated carbocycles. The lowest BCUT2D eigenvalue weighted by molar-refractivity contribution is -0.0752. The van der Waals surface area contributed by atoms with Gasteiger partial charge in [0.1, 0.15) is 0 Å². The molecule has 16 heavy (non-hydrogen) atoms. The summed E-state index contributed by atoms with van der Waals surface area (Å²) in [6.45, 7) is 8.87. The van der Waals surface area contributed by atoms with Crippen LogP contribution in [0, 0.1) is 0 Å². The molecule has 0 aromatic carbocycles. The first-order chi connectivity index (χ1) is 7.63. The molecule has 3 unspecified atom stereocenters. The first kappa shape index (κ1) is 15.9. The van der Waals surface area contributed by atoms with Crippen molar-refractivity contribution in [2.75, 3.05) is 13.2 Å². The Labute approximate surface area is 100 Å². The molecule has 3 heteroatoms. The van der Waals surface area contributed by atoms with Crippen LogP contribution in [-0.2, 0) is 9.47 Å². The maximum Gasteiger partial charge on any atom is 0.0784 e. The van der Waals surface area contributed by atoms with Gasteiger partial charge in [-0.1, -0.05) is 26.7 Å². The monoisotopic (exact) mass is 232 g/mol. The van der Waals surface area contributed by atoms with Gasteiger partial charge in [-0.3, -0.25) is 0 Å². The zero-order valence-corrected chi connectivity index (χ0v) is 11.2. The molecular formula is C13H28O3. The van der Waals surface area contributed by atoms with Gasteiger partial charge in [-0.05, 0) is 26.7 Å². The van der Waals surface area contributed by atoms with Gasteiger partial charge in [0.25, 0.3) is 0 Å². The largest absolute Gasteiger partial charge is 0.394 e. The van der Waals surface area contributed by atoms with Crippen molar-refractivity contribution < 1.29 is 14.6 Å². The summed E-state index contributed by atoms with van der Waals surface area (Å²) in [4.78, 5) is 0. The lowest BCUT2D eigenvalue weighted by atomic mass is 10.1. The Balaban J connectivity index is 3.68. The van der Waals surface area contributed by atoms with E-state index in [1.165, 1.54) is 12.8 Å². The number of hydrogen-bond donors (Lipinski definition) is 1. The van der Waals surface area contributed by atoms with Crippen LogP contribution in [0.25, 0.3) is 0 Å². The van der Waals surface area contributed by atoms with Gasteiger partial charge < -0.3 is 14.6 Å². The van der Waals surface area contributed by atoms with E-state index in [-0.39, 0.29) is 18.8 Å². The Morgan fingerprint density at radius 3 is 2.31 bits per heavy atom. The van der Waals surface area contributed by atoms with Crippen LogP contribution in [-0.4, -0.2) is 36.6 Å². The van der Waals surface area contributed by atoms with Crippen LogP contribution in [0.3, 0.4) is 0 Å². The molecule has 0 aliphatic carbocycles. The normalized spacial score (nSPS) is 17.1. The smallest absolute Gasteiger partial charge is 0.0784 e. The summed E-state index contributed by atoms with van der Waals surface area (Å²) in [5.41, 5.74) is 0. The molecule has 3 atom stereocenters. The van der Waals surface area contributed by atoms with Crippen LogP contribution in [0.2, 0.25) is 0 Å². The summed E-state index contributed by atoms with van der Waals surface area (Å²) in [5.74, 6) is 0. The minimum Gasteiger partial charge on any atom is -0.394 e. The van der Waals surface area contributed by atoms with Gasteiger partial charge >= 0.3 is 0 Å². The van der Waals surface area contributed by atoms with Crippen molar-refractivity contribution in [3.8, 4) is 0 Å². The number of hydrogen-bond acceptors (Lipinski definition) is 3. The topological polar surface area (TPSA) is 38.7 Å². The van der Waals surface area contributed by atoms with E-state index in [2.05, 4.69) is 13.8 Å². The van der Waals surface area contributed by atoms with Gasteiger partial charge in [-0.15, -0.1) is 0 Å². The van der Waals surface area contributed by atoms with E-state index in [9.17, 15) is 0 Å². The molecule has 98 valence electrons. The highest BCUT2D eigenvalue weighted by atomic mass is 16.5. The Kier molecular flexibility index (Phi) is 9.99. The predicted octanol–water partition coefficient (Wildman–Crippen LogP) is 2.76. The third-order valence-corrected chi connectivity index (χ3v) is 2.63. The Morgan fingerprint density at radius 2 is 1.81 bits per heavy atom. The lowest BCUT2D eigenvalue weighted by Crippen LogP contribution is -2.26. The SMILES string of the molecule is CCCCC(CC)OC(C)COC(C)CO. The number of rotatable bonds is 10. The second-order valence-corrected chi connectivity index (χ2v) is 4.45. The van der Waals surface area contributed by atoms with Crippen LogP contribution >= 0.6 is 0 Å². The summed E-state index contributed by atoms with van der Waals surface area (Å²) in [5, 5.41) is 8.83. The number of ether oxygens (including phenoxy) is 2. The van der Waals surface area contributed by atoms with Crippen LogP contribution < -0.4 is 0 Å². The molecule has 0 amide bonds. The summed E-state index contributed by atoms with van der Waals surface area (Å²) in [6, 6.07) is 0. The van der Waals surface area contributed by atoms with Crippen LogP contribution in [0.15, 0.2) is 0 Å². The molecule has 0 radical (unpaired) electrons. The van der Waals surface area contributed by atoms with Gasteiger partial charge in [0, 0.05) is 0 Å². The molecule has 0 fully saturated rings. The fraction of sp³-hybridized carbons (Fsp3) is 1.00. The van der Waals surface area contributed by atoms with Crippen molar-refractivity contribution in [2.45, 2.75) is 71.7 Å². The quantitative estimate of drug-likeness (QED) is 0.629. The third kappa shape index (κ3) is 8.08. The number of unbranched alkanes of at least 4 members (excludes halogenated alkanes) is 1. The first-order valence-electron chi connectivity index (χ1n) is 6.51. The molecule has 1 N–H and O–H groups in total. The highest BCUT2D eigenvalue weighted by Crippen LogP contribution is 2.11. The predicted molar refractivity (Wildman–Crippen MR) is 66.7 cm³/mol. The van der Waals surface area contributed by atoms with Crippen molar-refractivity contribution in [1.82, 2.24) is 0 Å². The minimum absolute atomic E-state index is 0.0692. The molecule has 3 nitrogen and oxygen atoms in total. The van der Waals surface area contributed by atoms with Crippen molar-refractivity contribution >= 4 is 0 Å². The lowest BCUT2D eigenvalue weighted by Gasteiger charge is -2.22. The molecule has 0 heterocycles. The average Bonchev–Trinajstić information content (AvgIpc) is 2.31. The van der Waals surface area contributed by atoms with Gasteiger partial charge in [0.2, 0.25) is 0 Å². The maximum absolute atomic E-state index is 8.83. The molecule has 0 aromatic rings. The Bertz CT molecular complexity index is 150. The Hall–Kier alpha value is -0.120. The highest BCUT2D eigenvalue weighted by Gasteiger charge is 2.12. The van der Waals surface area contributed by atoms with Gasteiger partial charge in [-0.2, -0.15) is 0 Å². The fourth-order valence-electron chi connectivity index (χ4n) is 1.52. The van der Waals surface area contributed by atoms with Crippen LogP contribution in [0.4, 0.5) is 0 Å². The molecule has 0 bridgehead atoms. The van der Waals surface area contributed by atoms with Crippen LogP contribution in [0.5, 0.6) is 0 Å². The first-order valence-corrected chi connectivity index (χ1v) is 6.51. The highest BCUT2D eigenvalue weighted by molar-refractivity contribution is 4.59. The standard InChI is InChI=1S/C13H28O3/c1-5-7-8-13(6-2)16-12(4)10-15-11(3)9-14/h11-14H,5-10H2,1-4H3. The zero-order valence-electron chi connectivity index (χ0n) is 11.2. The molecule has 0 rings (SSSR count). The average molecular weight is 232 g/mol. The van der Waals surface area contributed by atoms with E-state index in [1.807, 2.05) is 13.8 Å². The summed E-state index contributed by atoms with van der Waals surface area (Å²) in [6.07, 6.45) is 4.98. The van der Waals surface area contributed by atoms with E-state index in [1.54, 1.807) is 0 Å². The van der Waals surface area contributed by atoms with E-state index in [0.29, 0.717) is 12.7 Å². The number of aliphatic hydroxyl groups is 1. The Morgan fingerprint density at radius 1 is 1.12 bits per heavy atom. The molecule has 0 aromatic heterocycles. The van der Waals surface area contributed by atoms with Crippen molar-refractivity contribution in [3.63, 3.8) is 0 Å². The minimum atomic E-state index is -0.0956. The third-order valence-electron chi connectivity index (χ3n) is 2.63. The second kappa shape index (κ2) is 10.1. The fourth-order valence-corrected chi connectivity index (χ4v) is 1.52. The zero-order chi connectivity index (χ0) is 12.4. The van der Waals surface area contributed by atoms with Crippen LogP contribution in [0.1, 0.15) is 53.4 Å². The molecule has 0 spiro atoms. The van der Waals surface area contributed by atoms with Crippen molar-refractivity contribution in [3.05, 3.63) is 0 Å². The molecular weight excluding hydrogens is 204 g/mol. The molecule has 0 aliphatic heterocycles. The van der Waals surface area contributed by atoms with E-state index in [0.717, 1.165) is 12.8 Å². The summed E-state index contributed by atoms with van der Waals surface area (Å²) >= 11 is 0. The van der Waals surface area contributed by atoms with Crippen molar-refractivity contribution in [2.24, 2.45) is 0 Å². The number of aliphatic hydroxyl groups excluding tert-OH is 1. The second-order valence-electron chi connectivity index (χ2n) is 4.45. The van der Waals surface area contributed by atoms with Gasteiger partial charge in [0.05, 0.1) is 31.5 Å². The van der Waals surface area contributed by atoms with E-state index in [4.69, 9.17) is 14.6 Å². The maximum atomic E-state index is 8.83.